The highest BCUT2D eigenvalue weighted by Gasteiger charge is 2.15. The molecule has 0 saturated heterocycles. The minimum Gasteiger partial charge on any atom is -0.495 e. The first kappa shape index (κ1) is 12.5. The van der Waals surface area contributed by atoms with Crippen LogP contribution < -0.4 is 9.47 Å². The van der Waals surface area contributed by atoms with Crippen molar-refractivity contribution in [3.63, 3.8) is 0 Å². The molecule has 0 saturated carbocycles. The van der Waals surface area contributed by atoms with Crippen LogP contribution in [-0.4, -0.2) is 24.2 Å². The number of carbonyl (C=O) groups is 2. The van der Waals surface area contributed by atoms with Gasteiger partial charge in [0.05, 0.1) is 12.7 Å². The number of ether oxygens (including phenoxy) is 2. The van der Waals surface area contributed by atoms with Crippen molar-refractivity contribution in [3.8, 4) is 11.5 Å². The molecule has 0 heterocycles. The van der Waals surface area contributed by atoms with E-state index in [4.69, 9.17) is 14.6 Å². The lowest BCUT2D eigenvalue weighted by Crippen LogP contribution is -2.05. The second-order valence-corrected chi connectivity index (χ2v) is 3.68. The van der Waals surface area contributed by atoms with Crippen LogP contribution in [0.15, 0.2) is 16.6 Å². The van der Waals surface area contributed by atoms with E-state index in [1.54, 1.807) is 0 Å². The van der Waals surface area contributed by atoms with Gasteiger partial charge in [-0.2, -0.15) is 0 Å². The highest BCUT2D eigenvalue weighted by Crippen LogP contribution is 2.35. The Morgan fingerprint density at radius 1 is 1.31 bits per heavy atom. The van der Waals surface area contributed by atoms with Gasteiger partial charge in [-0.3, -0.25) is 4.79 Å². The van der Waals surface area contributed by atoms with Crippen LogP contribution in [0.3, 0.4) is 0 Å². The van der Waals surface area contributed by atoms with E-state index < -0.39 is 11.9 Å². The van der Waals surface area contributed by atoms with Gasteiger partial charge in [-0.05, 0) is 28.1 Å². The summed E-state index contributed by atoms with van der Waals surface area (Å²) < 4.78 is 10.2. The fourth-order valence-corrected chi connectivity index (χ4v) is 1.55. The van der Waals surface area contributed by atoms with Gasteiger partial charge in [0, 0.05) is 6.92 Å². The Hall–Kier alpha value is -1.56. The quantitative estimate of drug-likeness (QED) is 0.681. The van der Waals surface area contributed by atoms with Crippen LogP contribution in [0, 0.1) is 0 Å². The SMILES string of the molecule is COc1cc(C(=O)O)cc(OC(C)=O)c1Br. The Balaban J connectivity index is 3.29. The zero-order valence-corrected chi connectivity index (χ0v) is 10.2. The maximum Gasteiger partial charge on any atom is 0.335 e. The summed E-state index contributed by atoms with van der Waals surface area (Å²) in [5.74, 6) is -1.26. The maximum atomic E-state index is 10.8. The number of rotatable bonds is 3. The Morgan fingerprint density at radius 3 is 2.31 bits per heavy atom. The van der Waals surface area contributed by atoms with E-state index in [1.807, 2.05) is 0 Å². The van der Waals surface area contributed by atoms with Crippen molar-refractivity contribution in [1.29, 1.82) is 0 Å². The molecule has 0 aromatic heterocycles. The lowest BCUT2D eigenvalue weighted by molar-refractivity contribution is -0.131. The average Bonchev–Trinajstić information content (AvgIpc) is 2.20. The zero-order valence-electron chi connectivity index (χ0n) is 8.61. The van der Waals surface area contributed by atoms with Crippen molar-refractivity contribution in [1.82, 2.24) is 0 Å². The highest BCUT2D eigenvalue weighted by atomic mass is 79.9. The van der Waals surface area contributed by atoms with Gasteiger partial charge < -0.3 is 14.6 Å². The third-order valence-electron chi connectivity index (χ3n) is 1.73. The van der Waals surface area contributed by atoms with Gasteiger partial charge in [-0.15, -0.1) is 0 Å². The number of carboxylic acid groups (broad SMARTS) is 1. The van der Waals surface area contributed by atoms with Gasteiger partial charge in [0.1, 0.15) is 16.0 Å². The third kappa shape index (κ3) is 2.73. The van der Waals surface area contributed by atoms with Crippen molar-refractivity contribution in [3.05, 3.63) is 22.2 Å². The van der Waals surface area contributed by atoms with E-state index in [-0.39, 0.29) is 17.1 Å². The molecule has 0 bridgehead atoms. The highest BCUT2D eigenvalue weighted by molar-refractivity contribution is 9.10. The van der Waals surface area contributed by atoms with Gasteiger partial charge in [0.2, 0.25) is 0 Å². The molecule has 0 spiro atoms. The summed E-state index contributed by atoms with van der Waals surface area (Å²) in [6, 6.07) is 2.58. The molecule has 0 fully saturated rings. The summed E-state index contributed by atoms with van der Waals surface area (Å²) in [5.41, 5.74) is -0.0173. The molecule has 0 aliphatic carbocycles. The first-order valence-corrected chi connectivity index (χ1v) is 5.04. The molecule has 0 aliphatic heterocycles. The molecule has 86 valence electrons. The molecule has 0 unspecified atom stereocenters. The van der Waals surface area contributed by atoms with Gasteiger partial charge in [-0.25, -0.2) is 4.79 Å². The standard InChI is InChI=1S/C10H9BrO5/c1-5(12)16-8-4-6(10(13)14)3-7(15-2)9(8)11/h3-4H,1-2H3,(H,13,14). The fraction of sp³-hybridized carbons (Fsp3) is 0.200. The van der Waals surface area contributed by atoms with E-state index in [9.17, 15) is 9.59 Å². The topological polar surface area (TPSA) is 72.8 Å². The van der Waals surface area contributed by atoms with Crippen molar-refractivity contribution in [2.45, 2.75) is 6.92 Å². The molecule has 6 heteroatoms. The molecule has 1 aromatic rings. The van der Waals surface area contributed by atoms with E-state index in [2.05, 4.69) is 15.9 Å². The summed E-state index contributed by atoms with van der Waals surface area (Å²) in [7, 11) is 1.39. The predicted molar refractivity (Wildman–Crippen MR) is 59.0 cm³/mol. The number of hydrogen-bond acceptors (Lipinski definition) is 4. The van der Waals surface area contributed by atoms with Gasteiger partial charge >= 0.3 is 11.9 Å². The second kappa shape index (κ2) is 4.98. The van der Waals surface area contributed by atoms with Gasteiger partial charge in [-0.1, -0.05) is 0 Å². The van der Waals surface area contributed by atoms with E-state index >= 15 is 0 Å². The maximum absolute atomic E-state index is 10.8. The molecule has 1 rings (SSSR count). The zero-order chi connectivity index (χ0) is 12.3. The molecule has 0 atom stereocenters. The lowest BCUT2D eigenvalue weighted by atomic mass is 10.2. The minimum atomic E-state index is -1.13. The molecular weight excluding hydrogens is 280 g/mol. The lowest BCUT2D eigenvalue weighted by Gasteiger charge is -2.09. The van der Waals surface area contributed by atoms with Crippen molar-refractivity contribution < 1.29 is 24.2 Å². The smallest absolute Gasteiger partial charge is 0.335 e. The number of esters is 1. The summed E-state index contributed by atoms with van der Waals surface area (Å²) in [6.45, 7) is 1.23. The van der Waals surface area contributed by atoms with E-state index in [0.29, 0.717) is 4.47 Å². The number of halogens is 1. The normalized spacial score (nSPS) is 9.69. The number of hydrogen-bond donors (Lipinski definition) is 1. The number of aromatic carboxylic acids is 1. The van der Waals surface area contributed by atoms with Crippen molar-refractivity contribution in [2.75, 3.05) is 7.11 Å². The number of methoxy groups -OCH3 is 1. The Kier molecular flexibility index (Phi) is 3.89. The number of benzene rings is 1. The van der Waals surface area contributed by atoms with E-state index in [0.717, 1.165) is 0 Å². The van der Waals surface area contributed by atoms with Crippen LogP contribution in [-0.2, 0) is 4.79 Å². The average molecular weight is 289 g/mol. The second-order valence-electron chi connectivity index (χ2n) is 2.89. The van der Waals surface area contributed by atoms with Crippen molar-refractivity contribution >= 4 is 27.9 Å². The van der Waals surface area contributed by atoms with Gasteiger partial charge in [0.15, 0.2) is 0 Å². The first-order valence-electron chi connectivity index (χ1n) is 4.25. The Bertz CT molecular complexity index is 441. The molecule has 1 N–H and O–H groups in total. The number of carboxylic acids is 1. The van der Waals surface area contributed by atoms with Gasteiger partial charge in [0.25, 0.3) is 0 Å². The summed E-state index contributed by atoms with van der Waals surface area (Å²) in [6.07, 6.45) is 0. The summed E-state index contributed by atoms with van der Waals surface area (Å²) >= 11 is 3.16. The van der Waals surface area contributed by atoms with Crippen LogP contribution in [0.5, 0.6) is 11.5 Å². The third-order valence-corrected chi connectivity index (χ3v) is 2.51. The number of carbonyl (C=O) groups excluding carboxylic acids is 1. The predicted octanol–water partition coefficient (Wildman–Crippen LogP) is 2.08. The summed E-state index contributed by atoms with van der Waals surface area (Å²) in [5, 5.41) is 8.84. The molecule has 0 amide bonds. The first-order chi connectivity index (χ1) is 7.45. The molecule has 1 aromatic carbocycles. The molecule has 5 nitrogen and oxygen atoms in total. The molecule has 0 aliphatic rings. The Morgan fingerprint density at radius 2 is 1.88 bits per heavy atom. The van der Waals surface area contributed by atoms with Crippen molar-refractivity contribution in [2.24, 2.45) is 0 Å². The van der Waals surface area contributed by atoms with Crippen LogP contribution >= 0.6 is 15.9 Å². The van der Waals surface area contributed by atoms with E-state index in [1.165, 1.54) is 26.2 Å². The minimum absolute atomic E-state index is 0.0173. The van der Waals surface area contributed by atoms with Crippen LogP contribution in [0.2, 0.25) is 0 Å². The largest absolute Gasteiger partial charge is 0.495 e. The monoisotopic (exact) mass is 288 g/mol. The fourth-order valence-electron chi connectivity index (χ4n) is 1.07. The molecule has 16 heavy (non-hydrogen) atoms. The van der Waals surface area contributed by atoms with Crippen LogP contribution in [0.1, 0.15) is 17.3 Å². The van der Waals surface area contributed by atoms with Crippen LogP contribution in [0.25, 0.3) is 0 Å². The molecular formula is C10H9BrO5. The van der Waals surface area contributed by atoms with Crippen LogP contribution in [0.4, 0.5) is 0 Å². The summed E-state index contributed by atoms with van der Waals surface area (Å²) in [4.78, 5) is 21.6. The Labute approximate surface area is 100 Å². The molecule has 0 radical (unpaired) electrons.